The van der Waals surface area contributed by atoms with Gasteiger partial charge in [-0.15, -0.1) is 0 Å². The van der Waals surface area contributed by atoms with Crippen LogP contribution in [0.15, 0.2) is 28.8 Å². The maximum absolute atomic E-state index is 11.3. The van der Waals surface area contributed by atoms with E-state index in [4.69, 9.17) is 10.3 Å². The fourth-order valence-electron chi connectivity index (χ4n) is 2.10. The van der Waals surface area contributed by atoms with Crippen LogP contribution in [0.25, 0.3) is 11.3 Å². The van der Waals surface area contributed by atoms with Crippen molar-refractivity contribution in [3.8, 4) is 11.3 Å². The van der Waals surface area contributed by atoms with Gasteiger partial charge < -0.3 is 15.6 Å². The number of amides is 1. The third-order valence-electron chi connectivity index (χ3n) is 2.97. The molecule has 18 heavy (non-hydrogen) atoms. The fourth-order valence-corrected chi connectivity index (χ4v) is 2.10. The Bertz CT molecular complexity index is 604. The molecular formula is C13H13N3O2. The van der Waals surface area contributed by atoms with E-state index in [9.17, 15) is 4.79 Å². The summed E-state index contributed by atoms with van der Waals surface area (Å²) in [6.07, 6.45) is 1.13. The highest BCUT2D eigenvalue weighted by atomic mass is 16.5. The van der Waals surface area contributed by atoms with Crippen LogP contribution in [0.1, 0.15) is 11.3 Å². The summed E-state index contributed by atoms with van der Waals surface area (Å²) >= 11 is 0. The number of carbonyl (C=O) groups excluding carboxylic acids is 1. The molecule has 1 aliphatic rings. The van der Waals surface area contributed by atoms with Gasteiger partial charge in [-0.2, -0.15) is 0 Å². The van der Waals surface area contributed by atoms with Crippen LogP contribution in [0, 0.1) is 0 Å². The Morgan fingerprint density at radius 1 is 1.39 bits per heavy atom. The first-order valence-electron chi connectivity index (χ1n) is 5.85. The number of fused-ring (bicyclic) bond motifs is 1. The fraction of sp³-hybridized carbons (Fsp3) is 0.231. The normalized spacial score (nSPS) is 13.5. The van der Waals surface area contributed by atoms with Crippen molar-refractivity contribution in [1.82, 2.24) is 5.16 Å². The largest absolute Gasteiger partial charge is 0.356 e. The first-order chi connectivity index (χ1) is 8.76. The molecule has 1 aromatic heterocycles. The molecular weight excluding hydrogens is 230 g/mol. The van der Waals surface area contributed by atoms with E-state index in [1.165, 1.54) is 0 Å². The van der Waals surface area contributed by atoms with Gasteiger partial charge in [0.05, 0.1) is 12.1 Å². The van der Waals surface area contributed by atoms with Gasteiger partial charge in [-0.05, 0) is 30.3 Å². The predicted molar refractivity (Wildman–Crippen MR) is 67.0 cm³/mol. The number of nitrogens with one attached hydrogen (secondary N) is 1. The molecule has 0 saturated carbocycles. The second-order valence-electron chi connectivity index (χ2n) is 4.32. The zero-order valence-electron chi connectivity index (χ0n) is 9.77. The molecule has 0 atom stereocenters. The van der Waals surface area contributed by atoms with Crippen LogP contribution >= 0.6 is 0 Å². The van der Waals surface area contributed by atoms with Gasteiger partial charge in [-0.1, -0.05) is 5.16 Å². The van der Waals surface area contributed by atoms with Crippen molar-refractivity contribution in [2.45, 2.75) is 12.8 Å². The van der Waals surface area contributed by atoms with E-state index in [1.54, 1.807) is 0 Å². The molecule has 3 rings (SSSR count). The highest BCUT2D eigenvalue weighted by Crippen LogP contribution is 2.29. The summed E-state index contributed by atoms with van der Waals surface area (Å²) in [6.45, 7) is 0.550. The van der Waals surface area contributed by atoms with Crippen molar-refractivity contribution >= 4 is 11.6 Å². The summed E-state index contributed by atoms with van der Waals surface area (Å²) in [4.78, 5) is 11.3. The number of aromatic nitrogens is 1. The number of nitrogens with zero attached hydrogens (tertiary/aromatic N) is 1. The third-order valence-corrected chi connectivity index (χ3v) is 2.97. The standard InChI is InChI=1S/C13H13N3O2/c14-4-3-10-7-12(18-16-10)8-1-2-11-9(5-8)6-13(17)15-11/h1-2,5,7H,3-4,6,14H2,(H,15,17). The van der Waals surface area contributed by atoms with Gasteiger partial charge in [0.15, 0.2) is 5.76 Å². The number of benzene rings is 1. The molecule has 92 valence electrons. The minimum Gasteiger partial charge on any atom is -0.356 e. The van der Waals surface area contributed by atoms with Crippen LogP contribution in [0.3, 0.4) is 0 Å². The second-order valence-corrected chi connectivity index (χ2v) is 4.32. The molecule has 1 aromatic carbocycles. The monoisotopic (exact) mass is 243 g/mol. The van der Waals surface area contributed by atoms with Crippen molar-refractivity contribution in [3.63, 3.8) is 0 Å². The van der Waals surface area contributed by atoms with E-state index in [-0.39, 0.29) is 5.91 Å². The van der Waals surface area contributed by atoms with Crippen LogP contribution in [-0.2, 0) is 17.6 Å². The third kappa shape index (κ3) is 1.89. The summed E-state index contributed by atoms with van der Waals surface area (Å²) in [7, 11) is 0. The van der Waals surface area contributed by atoms with Crippen molar-refractivity contribution in [2.24, 2.45) is 5.73 Å². The molecule has 0 unspecified atom stereocenters. The maximum Gasteiger partial charge on any atom is 0.228 e. The SMILES string of the molecule is NCCc1cc(-c2ccc3c(c2)CC(=O)N3)on1. The molecule has 1 amide bonds. The molecule has 0 fully saturated rings. The summed E-state index contributed by atoms with van der Waals surface area (Å²) in [5.74, 6) is 0.740. The molecule has 0 saturated heterocycles. The van der Waals surface area contributed by atoms with Crippen molar-refractivity contribution in [1.29, 1.82) is 0 Å². The molecule has 0 bridgehead atoms. The Morgan fingerprint density at radius 2 is 2.28 bits per heavy atom. The zero-order chi connectivity index (χ0) is 12.5. The predicted octanol–water partition coefficient (Wildman–Crippen LogP) is 1.34. The summed E-state index contributed by atoms with van der Waals surface area (Å²) in [6, 6.07) is 7.65. The minimum absolute atomic E-state index is 0.0311. The van der Waals surface area contributed by atoms with E-state index >= 15 is 0 Å². The molecule has 0 spiro atoms. The van der Waals surface area contributed by atoms with Crippen LogP contribution in [0.2, 0.25) is 0 Å². The lowest BCUT2D eigenvalue weighted by Crippen LogP contribution is -2.03. The first-order valence-corrected chi connectivity index (χ1v) is 5.85. The molecule has 3 N–H and O–H groups in total. The van der Waals surface area contributed by atoms with Crippen LogP contribution < -0.4 is 11.1 Å². The number of hydrogen-bond acceptors (Lipinski definition) is 4. The molecule has 1 aliphatic heterocycles. The van der Waals surface area contributed by atoms with Crippen LogP contribution in [0.4, 0.5) is 5.69 Å². The molecule has 5 nitrogen and oxygen atoms in total. The lowest BCUT2D eigenvalue weighted by Gasteiger charge is -2.00. The van der Waals surface area contributed by atoms with E-state index in [2.05, 4.69) is 10.5 Å². The Hall–Kier alpha value is -2.14. The number of anilines is 1. The number of nitrogens with two attached hydrogens (primary N) is 1. The quantitative estimate of drug-likeness (QED) is 0.852. The molecule has 5 heteroatoms. The number of carbonyl (C=O) groups is 1. The van der Waals surface area contributed by atoms with Crippen LogP contribution in [-0.4, -0.2) is 17.6 Å². The van der Waals surface area contributed by atoms with Gasteiger partial charge >= 0.3 is 0 Å². The Morgan fingerprint density at radius 3 is 3.11 bits per heavy atom. The van der Waals surface area contributed by atoms with Crippen molar-refractivity contribution in [3.05, 3.63) is 35.5 Å². The highest BCUT2D eigenvalue weighted by molar-refractivity contribution is 5.99. The Balaban J connectivity index is 1.92. The number of rotatable bonds is 3. The van der Waals surface area contributed by atoms with E-state index in [1.807, 2.05) is 24.3 Å². The van der Waals surface area contributed by atoms with Crippen LogP contribution in [0.5, 0.6) is 0 Å². The second kappa shape index (κ2) is 4.27. The van der Waals surface area contributed by atoms with Gasteiger partial charge in [0, 0.05) is 23.7 Å². The minimum atomic E-state index is 0.0311. The average molecular weight is 243 g/mol. The van der Waals surface area contributed by atoms with E-state index < -0.39 is 0 Å². The lowest BCUT2D eigenvalue weighted by atomic mass is 10.1. The van der Waals surface area contributed by atoms with Gasteiger partial charge in [0.25, 0.3) is 0 Å². The smallest absolute Gasteiger partial charge is 0.228 e. The number of hydrogen-bond donors (Lipinski definition) is 2. The molecule has 2 aromatic rings. The Labute approximate surface area is 104 Å². The lowest BCUT2D eigenvalue weighted by molar-refractivity contribution is -0.115. The van der Waals surface area contributed by atoms with Gasteiger partial charge in [-0.3, -0.25) is 4.79 Å². The zero-order valence-corrected chi connectivity index (χ0v) is 9.77. The average Bonchev–Trinajstić information content (AvgIpc) is 2.93. The van der Waals surface area contributed by atoms with Crippen molar-refractivity contribution < 1.29 is 9.32 Å². The maximum atomic E-state index is 11.3. The molecule has 0 radical (unpaired) electrons. The van der Waals surface area contributed by atoms with Gasteiger partial charge in [0.1, 0.15) is 0 Å². The van der Waals surface area contributed by atoms with Crippen molar-refractivity contribution in [2.75, 3.05) is 11.9 Å². The summed E-state index contributed by atoms with van der Waals surface area (Å²) in [5.41, 5.74) is 9.13. The molecule has 0 aliphatic carbocycles. The Kier molecular flexibility index (Phi) is 2.60. The molecule has 2 heterocycles. The van der Waals surface area contributed by atoms with E-state index in [0.29, 0.717) is 25.1 Å². The van der Waals surface area contributed by atoms with Gasteiger partial charge in [-0.25, -0.2) is 0 Å². The van der Waals surface area contributed by atoms with Gasteiger partial charge in [0.2, 0.25) is 5.91 Å². The first kappa shape index (κ1) is 11.0. The summed E-state index contributed by atoms with van der Waals surface area (Å²) in [5, 5.41) is 6.75. The topological polar surface area (TPSA) is 81.2 Å². The van der Waals surface area contributed by atoms with E-state index in [0.717, 1.165) is 22.5 Å². The highest BCUT2D eigenvalue weighted by Gasteiger charge is 2.18. The summed E-state index contributed by atoms with van der Waals surface area (Å²) < 4.78 is 5.28.